The van der Waals surface area contributed by atoms with Gasteiger partial charge in [-0.25, -0.2) is 4.39 Å². The van der Waals surface area contributed by atoms with Gasteiger partial charge in [-0.1, -0.05) is 35.3 Å². The van der Waals surface area contributed by atoms with Crippen LogP contribution in [0, 0.1) is 5.82 Å². The van der Waals surface area contributed by atoms with E-state index in [4.69, 9.17) is 23.2 Å². The lowest BCUT2D eigenvalue weighted by Gasteiger charge is -2.37. The minimum atomic E-state index is -0.187. The normalized spacial score (nSPS) is 21.4. The first kappa shape index (κ1) is 13.7. The molecule has 1 nitrogen and oxygen atoms in total. The molecule has 0 bridgehead atoms. The molecule has 0 saturated heterocycles. The van der Waals surface area contributed by atoms with E-state index in [1.165, 1.54) is 17.7 Å². The second-order valence-corrected chi connectivity index (χ2v) is 6.03. The highest BCUT2D eigenvalue weighted by atomic mass is 35.5. The molecule has 104 valence electrons. The van der Waals surface area contributed by atoms with Crippen molar-refractivity contribution in [2.24, 2.45) is 0 Å². The Morgan fingerprint density at radius 3 is 2.40 bits per heavy atom. The molecule has 3 rings (SSSR count). The third-order valence-corrected chi connectivity index (χ3v) is 4.33. The summed E-state index contributed by atoms with van der Waals surface area (Å²) < 4.78 is 12.9. The third-order valence-electron chi connectivity index (χ3n) is 3.77. The number of halogens is 3. The van der Waals surface area contributed by atoms with Crippen LogP contribution in [-0.2, 0) is 0 Å². The minimum Gasteiger partial charge on any atom is -0.381 e. The number of hydrogen-bond acceptors (Lipinski definition) is 1. The average molecular weight is 310 g/mol. The van der Waals surface area contributed by atoms with Crippen LogP contribution in [0.1, 0.15) is 24.3 Å². The maximum atomic E-state index is 12.9. The van der Waals surface area contributed by atoms with Crippen LogP contribution in [0.15, 0.2) is 42.5 Å². The molecule has 1 fully saturated rings. The summed E-state index contributed by atoms with van der Waals surface area (Å²) in [6.07, 6.45) is 2.04. The molecule has 1 aliphatic rings. The van der Waals surface area contributed by atoms with Gasteiger partial charge >= 0.3 is 0 Å². The number of hydrogen-bond donors (Lipinski definition) is 1. The molecular formula is C16H14Cl2FN. The van der Waals surface area contributed by atoms with Crippen LogP contribution in [-0.4, -0.2) is 6.04 Å². The summed E-state index contributed by atoms with van der Waals surface area (Å²) >= 11 is 12.1. The topological polar surface area (TPSA) is 12.0 Å². The zero-order valence-corrected chi connectivity index (χ0v) is 12.3. The van der Waals surface area contributed by atoms with Crippen molar-refractivity contribution in [1.29, 1.82) is 0 Å². The van der Waals surface area contributed by atoms with Crippen LogP contribution in [0.5, 0.6) is 0 Å². The molecule has 0 atom stereocenters. The second kappa shape index (κ2) is 5.63. The van der Waals surface area contributed by atoms with Crippen LogP contribution < -0.4 is 5.32 Å². The zero-order chi connectivity index (χ0) is 14.1. The Bertz CT molecular complexity index is 606. The molecule has 0 aliphatic heterocycles. The number of rotatable bonds is 3. The summed E-state index contributed by atoms with van der Waals surface area (Å²) in [7, 11) is 0. The molecule has 0 heterocycles. The van der Waals surface area contributed by atoms with Crippen LogP contribution in [0.4, 0.5) is 10.1 Å². The lowest BCUT2D eigenvalue weighted by molar-refractivity contribution is 0.374. The van der Waals surface area contributed by atoms with Gasteiger partial charge in [-0.2, -0.15) is 0 Å². The predicted molar refractivity (Wildman–Crippen MR) is 82.2 cm³/mol. The molecule has 0 aromatic heterocycles. The van der Waals surface area contributed by atoms with Gasteiger partial charge in [0, 0.05) is 11.1 Å². The minimum absolute atomic E-state index is 0.187. The Hall–Kier alpha value is -1.25. The standard InChI is InChI=1S/C16H14Cl2FN/c17-12-3-6-15(18)16(9-12)20-14-7-11(8-14)10-1-4-13(19)5-2-10/h1-6,9,11,14,20H,7-8H2. The van der Waals surface area contributed by atoms with Crippen LogP contribution >= 0.6 is 23.2 Å². The Balaban J connectivity index is 1.60. The van der Waals surface area contributed by atoms with Gasteiger partial charge in [0.2, 0.25) is 0 Å². The monoisotopic (exact) mass is 309 g/mol. The fraction of sp³-hybridized carbons (Fsp3) is 0.250. The Morgan fingerprint density at radius 2 is 1.70 bits per heavy atom. The number of benzene rings is 2. The molecule has 2 aromatic carbocycles. The van der Waals surface area contributed by atoms with Crippen molar-refractivity contribution in [3.63, 3.8) is 0 Å². The summed E-state index contributed by atoms with van der Waals surface area (Å²) in [4.78, 5) is 0. The van der Waals surface area contributed by atoms with Crippen molar-refractivity contribution >= 4 is 28.9 Å². The molecule has 1 N–H and O–H groups in total. The van der Waals surface area contributed by atoms with Gasteiger partial charge < -0.3 is 5.32 Å². The lowest BCUT2D eigenvalue weighted by atomic mass is 9.76. The summed E-state index contributed by atoms with van der Waals surface area (Å²) in [5, 5.41) is 4.76. The van der Waals surface area contributed by atoms with Crippen molar-refractivity contribution in [2.45, 2.75) is 24.8 Å². The fourth-order valence-corrected chi connectivity index (χ4v) is 2.92. The zero-order valence-electron chi connectivity index (χ0n) is 10.7. The van der Waals surface area contributed by atoms with E-state index < -0.39 is 0 Å². The number of anilines is 1. The first-order valence-electron chi connectivity index (χ1n) is 6.59. The molecular weight excluding hydrogens is 296 g/mol. The quantitative estimate of drug-likeness (QED) is 0.790. The molecule has 20 heavy (non-hydrogen) atoms. The van der Waals surface area contributed by atoms with E-state index in [0.717, 1.165) is 18.5 Å². The highest BCUT2D eigenvalue weighted by molar-refractivity contribution is 6.35. The highest BCUT2D eigenvalue weighted by Crippen LogP contribution is 2.39. The highest BCUT2D eigenvalue weighted by Gasteiger charge is 2.30. The van der Waals surface area contributed by atoms with Gasteiger partial charge in [-0.15, -0.1) is 0 Å². The second-order valence-electron chi connectivity index (χ2n) is 5.19. The van der Waals surface area contributed by atoms with Crippen molar-refractivity contribution in [3.05, 3.63) is 63.9 Å². The molecule has 0 unspecified atom stereocenters. The van der Waals surface area contributed by atoms with E-state index in [9.17, 15) is 4.39 Å². The first-order valence-corrected chi connectivity index (χ1v) is 7.34. The van der Waals surface area contributed by atoms with Gasteiger partial charge in [0.15, 0.2) is 0 Å². The largest absolute Gasteiger partial charge is 0.381 e. The van der Waals surface area contributed by atoms with E-state index >= 15 is 0 Å². The van der Waals surface area contributed by atoms with Crippen molar-refractivity contribution < 1.29 is 4.39 Å². The van der Waals surface area contributed by atoms with Gasteiger partial charge in [-0.05, 0) is 54.7 Å². The smallest absolute Gasteiger partial charge is 0.123 e. The van der Waals surface area contributed by atoms with Crippen molar-refractivity contribution in [1.82, 2.24) is 0 Å². The van der Waals surface area contributed by atoms with E-state index in [2.05, 4.69) is 5.32 Å². The molecule has 4 heteroatoms. The van der Waals surface area contributed by atoms with E-state index in [1.54, 1.807) is 12.1 Å². The van der Waals surface area contributed by atoms with Crippen molar-refractivity contribution in [2.75, 3.05) is 5.32 Å². The predicted octanol–water partition coefficient (Wildman–Crippen LogP) is 5.49. The van der Waals surface area contributed by atoms with E-state index in [-0.39, 0.29) is 5.82 Å². The van der Waals surface area contributed by atoms with E-state index in [1.807, 2.05) is 18.2 Å². The van der Waals surface area contributed by atoms with E-state index in [0.29, 0.717) is 22.0 Å². The van der Waals surface area contributed by atoms with Gasteiger partial charge in [-0.3, -0.25) is 0 Å². The molecule has 1 saturated carbocycles. The maximum Gasteiger partial charge on any atom is 0.123 e. The summed E-state index contributed by atoms with van der Waals surface area (Å²) in [5.41, 5.74) is 2.07. The van der Waals surface area contributed by atoms with Crippen LogP contribution in [0.2, 0.25) is 10.0 Å². The molecule has 1 aliphatic carbocycles. The Labute approximate surface area is 127 Å². The summed E-state index contributed by atoms with van der Waals surface area (Å²) in [6.45, 7) is 0. The Kier molecular flexibility index (Phi) is 3.86. The molecule has 0 spiro atoms. The van der Waals surface area contributed by atoms with Gasteiger partial charge in [0.25, 0.3) is 0 Å². The van der Waals surface area contributed by atoms with Crippen LogP contribution in [0.3, 0.4) is 0 Å². The first-order chi connectivity index (χ1) is 9.61. The summed E-state index contributed by atoms with van der Waals surface area (Å²) in [6, 6.07) is 12.6. The summed E-state index contributed by atoms with van der Waals surface area (Å²) in [5.74, 6) is 0.305. The number of nitrogens with one attached hydrogen (secondary N) is 1. The molecule has 2 aromatic rings. The van der Waals surface area contributed by atoms with Gasteiger partial charge in [0.05, 0.1) is 10.7 Å². The van der Waals surface area contributed by atoms with Crippen molar-refractivity contribution in [3.8, 4) is 0 Å². The third kappa shape index (κ3) is 2.92. The Morgan fingerprint density at radius 1 is 1.00 bits per heavy atom. The lowest BCUT2D eigenvalue weighted by Crippen LogP contribution is -2.34. The average Bonchev–Trinajstić information content (AvgIpc) is 2.39. The van der Waals surface area contributed by atoms with Crippen LogP contribution in [0.25, 0.3) is 0 Å². The maximum absolute atomic E-state index is 12.9. The van der Waals surface area contributed by atoms with Gasteiger partial charge in [0.1, 0.15) is 5.82 Å². The SMILES string of the molecule is Fc1ccc(C2CC(Nc3cc(Cl)ccc3Cl)C2)cc1. The molecule has 0 radical (unpaired) electrons. The molecule has 0 amide bonds. The fourth-order valence-electron chi connectivity index (χ4n) is 2.57.